The summed E-state index contributed by atoms with van der Waals surface area (Å²) in [4.78, 5) is 6.23. The largest absolute Gasteiger partial charge is 0.367 e. The molecule has 1 rings (SSSR count). The first-order valence-corrected chi connectivity index (χ1v) is 5.64. The number of hydrogen-bond acceptors (Lipinski definition) is 6. The fourth-order valence-corrected chi connectivity index (χ4v) is 2.03. The Bertz CT molecular complexity index is 307. The van der Waals surface area contributed by atoms with E-state index in [4.69, 9.17) is 5.73 Å². The molecule has 0 fully saturated rings. The highest BCUT2D eigenvalue weighted by molar-refractivity contribution is 7.09. The standard InChI is InChI=1S/C9H19N5S/c1-9(2,6-14(3)4)5-11-8-12-7(10)13-15-8/h5-6H2,1-4H3,(H3,10,11,12,13). The molecule has 0 radical (unpaired) electrons. The molecule has 0 spiro atoms. The third-order valence-corrected chi connectivity index (χ3v) is 2.59. The molecule has 15 heavy (non-hydrogen) atoms. The lowest BCUT2D eigenvalue weighted by atomic mass is 9.93. The van der Waals surface area contributed by atoms with Crippen LogP contribution in [-0.2, 0) is 0 Å². The van der Waals surface area contributed by atoms with Crippen LogP contribution in [0.1, 0.15) is 13.8 Å². The number of rotatable bonds is 5. The number of nitrogen functional groups attached to an aromatic ring is 1. The molecule has 1 heterocycles. The van der Waals surface area contributed by atoms with Crippen LogP contribution in [-0.4, -0.2) is 41.4 Å². The van der Waals surface area contributed by atoms with Gasteiger partial charge in [0.2, 0.25) is 11.1 Å². The van der Waals surface area contributed by atoms with Crippen LogP contribution in [0.2, 0.25) is 0 Å². The first kappa shape index (κ1) is 12.2. The van der Waals surface area contributed by atoms with Gasteiger partial charge in [-0.3, -0.25) is 0 Å². The van der Waals surface area contributed by atoms with Crippen LogP contribution >= 0.6 is 11.5 Å². The van der Waals surface area contributed by atoms with Gasteiger partial charge in [0.15, 0.2) is 0 Å². The summed E-state index contributed by atoms with van der Waals surface area (Å²) in [5.74, 6) is 0.341. The van der Waals surface area contributed by atoms with Crippen molar-refractivity contribution in [1.82, 2.24) is 14.3 Å². The zero-order valence-electron chi connectivity index (χ0n) is 9.74. The van der Waals surface area contributed by atoms with Gasteiger partial charge in [0, 0.05) is 24.6 Å². The molecule has 0 aliphatic rings. The molecule has 0 saturated heterocycles. The van der Waals surface area contributed by atoms with Crippen molar-refractivity contribution in [3.63, 3.8) is 0 Å². The van der Waals surface area contributed by atoms with E-state index >= 15 is 0 Å². The Hall–Kier alpha value is -0.880. The Balaban J connectivity index is 2.42. The normalized spacial score (nSPS) is 12.1. The van der Waals surface area contributed by atoms with Crippen molar-refractivity contribution in [3.05, 3.63) is 0 Å². The van der Waals surface area contributed by atoms with Gasteiger partial charge in [0.05, 0.1) is 0 Å². The van der Waals surface area contributed by atoms with E-state index in [1.165, 1.54) is 11.5 Å². The molecule has 1 aromatic heterocycles. The van der Waals surface area contributed by atoms with Crippen LogP contribution in [0, 0.1) is 5.41 Å². The van der Waals surface area contributed by atoms with Crippen molar-refractivity contribution in [3.8, 4) is 0 Å². The van der Waals surface area contributed by atoms with Gasteiger partial charge < -0.3 is 16.0 Å². The minimum Gasteiger partial charge on any atom is -0.367 e. The topological polar surface area (TPSA) is 67.1 Å². The Morgan fingerprint density at radius 2 is 2.13 bits per heavy atom. The molecule has 6 heteroatoms. The molecular formula is C9H19N5S. The molecule has 86 valence electrons. The Morgan fingerprint density at radius 1 is 1.47 bits per heavy atom. The summed E-state index contributed by atoms with van der Waals surface area (Å²) in [5.41, 5.74) is 5.64. The summed E-state index contributed by atoms with van der Waals surface area (Å²) in [6.45, 7) is 6.31. The summed E-state index contributed by atoms with van der Waals surface area (Å²) in [6.07, 6.45) is 0. The number of nitrogens with two attached hydrogens (primary N) is 1. The van der Waals surface area contributed by atoms with Crippen LogP contribution < -0.4 is 11.1 Å². The maximum absolute atomic E-state index is 5.44. The number of aromatic nitrogens is 2. The van der Waals surface area contributed by atoms with E-state index in [0.29, 0.717) is 5.95 Å². The lowest BCUT2D eigenvalue weighted by Gasteiger charge is -2.28. The molecule has 3 N–H and O–H groups in total. The van der Waals surface area contributed by atoms with Gasteiger partial charge in [-0.25, -0.2) is 0 Å². The molecule has 0 saturated carbocycles. The molecule has 0 bridgehead atoms. The van der Waals surface area contributed by atoms with Gasteiger partial charge in [-0.2, -0.15) is 9.36 Å². The van der Waals surface area contributed by atoms with Crippen LogP contribution in [0.3, 0.4) is 0 Å². The zero-order valence-corrected chi connectivity index (χ0v) is 10.6. The summed E-state index contributed by atoms with van der Waals surface area (Å²) in [5, 5.41) is 4.04. The predicted molar refractivity (Wildman–Crippen MR) is 65.1 cm³/mol. The second-order valence-electron chi connectivity index (χ2n) is 4.71. The maximum atomic E-state index is 5.44. The SMILES string of the molecule is CN(C)CC(C)(C)CNc1nc(N)ns1. The molecule has 1 aromatic rings. The lowest BCUT2D eigenvalue weighted by molar-refractivity contribution is 0.254. The van der Waals surface area contributed by atoms with E-state index < -0.39 is 0 Å². The van der Waals surface area contributed by atoms with E-state index in [-0.39, 0.29) is 5.41 Å². The maximum Gasteiger partial charge on any atom is 0.233 e. The van der Waals surface area contributed by atoms with Crippen molar-refractivity contribution in [2.45, 2.75) is 13.8 Å². The fraction of sp³-hybridized carbons (Fsp3) is 0.778. The average Bonchev–Trinajstić information content (AvgIpc) is 2.46. The molecule has 0 atom stereocenters. The van der Waals surface area contributed by atoms with Crippen molar-refractivity contribution in [2.75, 3.05) is 38.2 Å². The van der Waals surface area contributed by atoms with E-state index in [2.05, 4.69) is 47.5 Å². The average molecular weight is 229 g/mol. The number of anilines is 2. The highest BCUT2D eigenvalue weighted by Gasteiger charge is 2.19. The van der Waals surface area contributed by atoms with Crippen LogP contribution in [0.5, 0.6) is 0 Å². The molecule has 5 nitrogen and oxygen atoms in total. The number of nitrogens with zero attached hydrogens (tertiary/aromatic N) is 3. The van der Waals surface area contributed by atoms with Gasteiger partial charge in [0.1, 0.15) is 0 Å². The first-order chi connectivity index (χ1) is 6.89. The Morgan fingerprint density at radius 3 is 2.60 bits per heavy atom. The van der Waals surface area contributed by atoms with Crippen molar-refractivity contribution in [1.29, 1.82) is 0 Å². The van der Waals surface area contributed by atoms with Gasteiger partial charge in [-0.15, -0.1) is 0 Å². The van der Waals surface area contributed by atoms with E-state index in [1.54, 1.807) is 0 Å². The number of nitrogens with one attached hydrogen (secondary N) is 1. The highest BCUT2D eigenvalue weighted by atomic mass is 32.1. The summed E-state index contributed by atoms with van der Waals surface area (Å²) in [7, 11) is 4.15. The second-order valence-corrected chi connectivity index (χ2v) is 5.47. The summed E-state index contributed by atoms with van der Waals surface area (Å²) < 4.78 is 3.91. The minimum atomic E-state index is 0.198. The van der Waals surface area contributed by atoms with E-state index in [0.717, 1.165) is 18.2 Å². The third kappa shape index (κ3) is 4.44. The first-order valence-electron chi connectivity index (χ1n) is 4.87. The van der Waals surface area contributed by atoms with Crippen LogP contribution in [0.4, 0.5) is 11.1 Å². The molecule has 0 amide bonds. The van der Waals surface area contributed by atoms with Crippen molar-refractivity contribution >= 4 is 22.6 Å². The third-order valence-electron chi connectivity index (χ3n) is 1.90. The summed E-state index contributed by atoms with van der Waals surface area (Å²) in [6, 6.07) is 0. The fourth-order valence-electron chi connectivity index (χ4n) is 1.53. The van der Waals surface area contributed by atoms with Crippen LogP contribution in [0.25, 0.3) is 0 Å². The van der Waals surface area contributed by atoms with Gasteiger partial charge in [-0.05, 0) is 19.5 Å². The second kappa shape index (κ2) is 4.76. The van der Waals surface area contributed by atoms with Gasteiger partial charge >= 0.3 is 0 Å². The lowest BCUT2D eigenvalue weighted by Crippen LogP contribution is -2.34. The van der Waals surface area contributed by atoms with Crippen molar-refractivity contribution in [2.24, 2.45) is 5.41 Å². The van der Waals surface area contributed by atoms with Crippen molar-refractivity contribution < 1.29 is 0 Å². The molecule has 0 aliphatic carbocycles. The van der Waals surface area contributed by atoms with Gasteiger partial charge in [-0.1, -0.05) is 13.8 Å². The number of hydrogen-bond donors (Lipinski definition) is 2. The zero-order chi connectivity index (χ0) is 11.5. The van der Waals surface area contributed by atoms with E-state index in [9.17, 15) is 0 Å². The summed E-state index contributed by atoms with van der Waals surface area (Å²) >= 11 is 1.30. The molecule has 0 unspecified atom stereocenters. The van der Waals surface area contributed by atoms with E-state index in [1.807, 2.05) is 0 Å². The Kier molecular flexibility index (Phi) is 3.87. The molecule has 0 aliphatic heterocycles. The predicted octanol–water partition coefficient (Wildman–Crippen LogP) is 1.12. The molecular weight excluding hydrogens is 210 g/mol. The van der Waals surface area contributed by atoms with Crippen LogP contribution in [0.15, 0.2) is 0 Å². The monoisotopic (exact) mass is 229 g/mol. The quantitative estimate of drug-likeness (QED) is 0.792. The van der Waals surface area contributed by atoms with Gasteiger partial charge in [0.25, 0.3) is 0 Å². The minimum absolute atomic E-state index is 0.198. The highest BCUT2D eigenvalue weighted by Crippen LogP contribution is 2.19. The smallest absolute Gasteiger partial charge is 0.233 e. The molecule has 0 aromatic carbocycles. The Labute approximate surface area is 94.9 Å².